The summed E-state index contributed by atoms with van der Waals surface area (Å²) in [6.45, 7) is 7.17. The molecule has 2 amide bonds. The highest BCUT2D eigenvalue weighted by Gasteiger charge is 2.32. The Morgan fingerprint density at radius 3 is 2.42 bits per heavy atom. The van der Waals surface area contributed by atoms with Crippen LogP contribution >= 0.6 is 0 Å². The predicted octanol–water partition coefficient (Wildman–Crippen LogP) is 5.70. The minimum absolute atomic E-state index is 0.0445. The summed E-state index contributed by atoms with van der Waals surface area (Å²) in [5.74, 6) is 0.753. The minimum atomic E-state index is -0.577. The normalized spacial score (nSPS) is 15.7. The van der Waals surface area contributed by atoms with Crippen LogP contribution in [-0.2, 0) is 22.6 Å². The molecule has 0 saturated carbocycles. The first-order chi connectivity index (χ1) is 17.4. The average Bonchev–Trinajstić information content (AvgIpc) is 2.91. The van der Waals surface area contributed by atoms with Crippen molar-refractivity contribution in [3.63, 3.8) is 0 Å². The molecule has 0 bridgehead atoms. The Morgan fingerprint density at radius 1 is 1.03 bits per heavy atom. The van der Waals surface area contributed by atoms with Gasteiger partial charge in [0.15, 0.2) is 6.10 Å². The molecular formula is C31H36N2O3. The molecule has 0 radical (unpaired) electrons. The van der Waals surface area contributed by atoms with E-state index in [2.05, 4.69) is 37.3 Å². The second kappa shape index (κ2) is 11.4. The van der Waals surface area contributed by atoms with Gasteiger partial charge in [0, 0.05) is 26.6 Å². The summed E-state index contributed by atoms with van der Waals surface area (Å²) in [4.78, 5) is 29.8. The lowest BCUT2D eigenvalue weighted by molar-refractivity contribution is -0.138. The molecule has 1 aliphatic heterocycles. The summed E-state index contributed by atoms with van der Waals surface area (Å²) in [7, 11) is 1.82. The number of aryl methyl sites for hydroxylation is 1. The summed E-state index contributed by atoms with van der Waals surface area (Å²) in [6.07, 6.45) is 1.26. The second-order valence-corrected chi connectivity index (χ2v) is 9.56. The monoisotopic (exact) mass is 484 g/mol. The van der Waals surface area contributed by atoms with Gasteiger partial charge in [0.25, 0.3) is 5.91 Å². The number of amides is 2. The van der Waals surface area contributed by atoms with E-state index in [0.717, 1.165) is 23.1 Å². The van der Waals surface area contributed by atoms with E-state index in [-0.39, 0.29) is 17.9 Å². The van der Waals surface area contributed by atoms with E-state index in [1.807, 2.05) is 68.3 Å². The Bertz CT molecular complexity index is 1190. The Kier molecular flexibility index (Phi) is 8.09. The van der Waals surface area contributed by atoms with Crippen molar-refractivity contribution in [2.24, 2.45) is 0 Å². The molecule has 3 aromatic rings. The summed E-state index contributed by atoms with van der Waals surface area (Å²) >= 11 is 0. The van der Waals surface area contributed by atoms with Gasteiger partial charge in [-0.3, -0.25) is 9.59 Å². The van der Waals surface area contributed by atoms with Gasteiger partial charge in [0.2, 0.25) is 5.91 Å². The Labute approximate surface area is 214 Å². The van der Waals surface area contributed by atoms with Crippen molar-refractivity contribution >= 4 is 11.8 Å². The molecule has 1 heterocycles. The molecule has 188 valence electrons. The van der Waals surface area contributed by atoms with E-state index in [1.54, 1.807) is 4.90 Å². The molecule has 2 atom stereocenters. The third-order valence-corrected chi connectivity index (χ3v) is 6.92. The van der Waals surface area contributed by atoms with Crippen molar-refractivity contribution in [3.8, 4) is 5.75 Å². The standard InChI is InChI=1S/C31H36N2O3/c1-5-28(31(35)32(4)21-23-10-8-7-9-11-23)36-26-17-16-24-18-19-33(29(34)6-2)30(27(24)20-26)25-14-12-22(3)13-15-25/h7-17,20,28,30H,5-6,18-19,21H2,1-4H3/t28-,30-/m1/s1. The summed E-state index contributed by atoms with van der Waals surface area (Å²) < 4.78 is 6.28. The van der Waals surface area contributed by atoms with E-state index in [1.165, 1.54) is 11.1 Å². The maximum atomic E-state index is 13.2. The fourth-order valence-corrected chi connectivity index (χ4v) is 4.90. The average molecular weight is 485 g/mol. The molecule has 3 aromatic carbocycles. The quantitative estimate of drug-likeness (QED) is 0.412. The number of likely N-dealkylation sites (N-methyl/N-ethyl adjacent to an activating group) is 1. The molecule has 0 aliphatic carbocycles. The largest absolute Gasteiger partial charge is 0.481 e. The molecule has 0 fully saturated rings. The fourth-order valence-electron chi connectivity index (χ4n) is 4.90. The Balaban J connectivity index is 1.60. The second-order valence-electron chi connectivity index (χ2n) is 9.56. The van der Waals surface area contributed by atoms with Crippen LogP contribution in [-0.4, -0.2) is 41.3 Å². The van der Waals surface area contributed by atoms with Gasteiger partial charge in [0.05, 0.1) is 6.04 Å². The summed E-state index contributed by atoms with van der Waals surface area (Å²) in [5.41, 5.74) is 5.65. The first kappa shape index (κ1) is 25.5. The van der Waals surface area contributed by atoms with Crippen LogP contribution < -0.4 is 4.74 Å². The Morgan fingerprint density at radius 2 is 1.75 bits per heavy atom. The molecule has 0 aromatic heterocycles. The van der Waals surface area contributed by atoms with Crippen LogP contribution in [0.5, 0.6) is 5.75 Å². The maximum absolute atomic E-state index is 13.2. The molecule has 0 saturated heterocycles. The molecule has 0 unspecified atom stereocenters. The summed E-state index contributed by atoms with van der Waals surface area (Å²) in [6, 6.07) is 24.3. The minimum Gasteiger partial charge on any atom is -0.481 e. The molecule has 4 rings (SSSR count). The molecule has 5 nitrogen and oxygen atoms in total. The number of hydrogen-bond donors (Lipinski definition) is 0. The van der Waals surface area contributed by atoms with Crippen molar-refractivity contribution in [2.45, 2.75) is 58.7 Å². The van der Waals surface area contributed by atoms with Crippen LogP contribution in [0.4, 0.5) is 0 Å². The summed E-state index contributed by atoms with van der Waals surface area (Å²) in [5, 5.41) is 0. The lowest BCUT2D eigenvalue weighted by Crippen LogP contribution is -2.40. The zero-order chi connectivity index (χ0) is 25.7. The number of benzene rings is 3. The van der Waals surface area contributed by atoms with Crippen molar-refractivity contribution < 1.29 is 14.3 Å². The number of nitrogens with zero attached hydrogens (tertiary/aromatic N) is 2. The van der Waals surface area contributed by atoms with E-state index >= 15 is 0 Å². The van der Waals surface area contributed by atoms with Crippen molar-refractivity contribution in [1.29, 1.82) is 0 Å². The van der Waals surface area contributed by atoms with Crippen molar-refractivity contribution in [1.82, 2.24) is 9.80 Å². The zero-order valence-electron chi connectivity index (χ0n) is 21.7. The number of fused-ring (bicyclic) bond motifs is 1. The lowest BCUT2D eigenvalue weighted by atomic mass is 9.87. The highest BCUT2D eigenvalue weighted by molar-refractivity contribution is 5.81. The van der Waals surface area contributed by atoms with Gasteiger partial charge in [-0.1, -0.05) is 80.1 Å². The maximum Gasteiger partial charge on any atom is 0.263 e. The van der Waals surface area contributed by atoms with E-state index in [4.69, 9.17) is 4.74 Å². The van der Waals surface area contributed by atoms with Crippen LogP contribution in [0.3, 0.4) is 0 Å². The third kappa shape index (κ3) is 5.62. The van der Waals surface area contributed by atoms with E-state index < -0.39 is 6.10 Å². The van der Waals surface area contributed by atoms with Gasteiger partial charge < -0.3 is 14.5 Å². The first-order valence-electron chi connectivity index (χ1n) is 12.9. The van der Waals surface area contributed by atoms with Crippen molar-refractivity contribution in [2.75, 3.05) is 13.6 Å². The SMILES string of the molecule is CCC(=O)N1CCc2ccc(O[C@H](CC)C(=O)N(C)Cc3ccccc3)cc2[C@H]1c1ccc(C)cc1. The van der Waals surface area contributed by atoms with Crippen LogP contribution in [0.25, 0.3) is 0 Å². The predicted molar refractivity (Wildman–Crippen MR) is 143 cm³/mol. The van der Waals surface area contributed by atoms with Crippen LogP contribution in [0.2, 0.25) is 0 Å². The molecule has 36 heavy (non-hydrogen) atoms. The number of ether oxygens (including phenoxy) is 1. The van der Waals surface area contributed by atoms with Gasteiger partial charge >= 0.3 is 0 Å². The van der Waals surface area contributed by atoms with Gasteiger partial charge in [-0.05, 0) is 54.2 Å². The van der Waals surface area contributed by atoms with E-state index in [9.17, 15) is 9.59 Å². The molecule has 5 heteroatoms. The number of rotatable bonds is 8. The first-order valence-corrected chi connectivity index (χ1v) is 12.9. The smallest absolute Gasteiger partial charge is 0.263 e. The van der Waals surface area contributed by atoms with Crippen LogP contribution in [0.1, 0.15) is 60.5 Å². The van der Waals surface area contributed by atoms with E-state index in [0.29, 0.717) is 31.7 Å². The topological polar surface area (TPSA) is 49.9 Å². The number of carbonyl (C=O) groups excluding carboxylic acids is 2. The molecule has 1 aliphatic rings. The molecule has 0 N–H and O–H groups in total. The fraction of sp³-hybridized carbons (Fsp3) is 0.355. The lowest BCUT2D eigenvalue weighted by Gasteiger charge is -2.38. The highest BCUT2D eigenvalue weighted by atomic mass is 16.5. The van der Waals surface area contributed by atoms with Gasteiger partial charge in [-0.2, -0.15) is 0 Å². The molecule has 0 spiro atoms. The van der Waals surface area contributed by atoms with Crippen LogP contribution in [0.15, 0.2) is 72.8 Å². The van der Waals surface area contributed by atoms with Gasteiger partial charge in [0.1, 0.15) is 5.75 Å². The zero-order valence-corrected chi connectivity index (χ0v) is 21.7. The Hall–Kier alpha value is -3.60. The third-order valence-electron chi connectivity index (χ3n) is 6.92. The van der Waals surface area contributed by atoms with Crippen LogP contribution in [0, 0.1) is 6.92 Å². The number of hydrogen-bond acceptors (Lipinski definition) is 3. The number of carbonyl (C=O) groups is 2. The highest BCUT2D eigenvalue weighted by Crippen LogP contribution is 2.38. The van der Waals surface area contributed by atoms with Crippen molar-refractivity contribution in [3.05, 3.63) is 101 Å². The molecular weight excluding hydrogens is 448 g/mol. The van der Waals surface area contributed by atoms with Gasteiger partial charge in [-0.25, -0.2) is 0 Å². The van der Waals surface area contributed by atoms with Gasteiger partial charge in [-0.15, -0.1) is 0 Å².